The van der Waals surface area contributed by atoms with Gasteiger partial charge in [-0.3, -0.25) is 0 Å². The van der Waals surface area contributed by atoms with Crippen molar-refractivity contribution in [1.29, 1.82) is 0 Å². The first-order valence-corrected chi connectivity index (χ1v) is 26.1. The van der Waals surface area contributed by atoms with Crippen LogP contribution < -0.4 is 0 Å². The Labute approximate surface area is 340 Å². The highest BCUT2D eigenvalue weighted by molar-refractivity contribution is 4.69. The summed E-state index contributed by atoms with van der Waals surface area (Å²) in [5.74, 6) is 0. The van der Waals surface area contributed by atoms with Crippen molar-refractivity contribution in [2.24, 2.45) is 5.41 Å². The van der Waals surface area contributed by atoms with Gasteiger partial charge >= 0.3 is 0 Å². The van der Waals surface area contributed by atoms with E-state index in [1.54, 1.807) is 0 Å². The van der Waals surface area contributed by atoms with Gasteiger partial charge in [0.2, 0.25) is 0 Å². The molecular formula is C53H108. The second kappa shape index (κ2) is 46.4. The molecule has 0 amide bonds. The quantitative estimate of drug-likeness (QED) is 0.0544. The van der Waals surface area contributed by atoms with Gasteiger partial charge in [0.1, 0.15) is 0 Å². The molecule has 0 radical (unpaired) electrons. The summed E-state index contributed by atoms with van der Waals surface area (Å²) in [6.45, 7) is 9.72. The lowest BCUT2D eigenvalue weighted by Gasteiger charge is -2.24. The SMILES string of the molecule is CCCCCCCCCCCCCCCCCCCCCCCCCCC(C)(C)CCCCCCCCCCCCCCCCCCCCCCCC. The first kappa shape index (κ1) is 53.0. The maximum atomic E-state index is 2.54. The molecule has 0 aliphatic carbocycles. The largest absolute Gasteiger partial charge is 0.0654 e. The van der Waals surface area contributed by atoms with Crippen molar-refractivity contribution in [2.45, 2.75) is 336 Å². The molecule has 0 saturated carbocycles. The lowest BCUT2D eigenvalue weighted by atomic mass is 9.81. The van der Waals surface area contributed by atoms with E-state index in [1.807, 2.05) is 0 Å². The van der Waals surface area contributed by atoms with Crippen molar-refractivity contribution >= 4 is 0 Å². The predicted molar refractivity (Wildman–Crippen MR) is 247 cm³/mol. The van der Waals surface area contributed by atoms with Gasteiger partial charge in [-0.15, -0.1) is 0 Å². The zero-order valence-electron chi connectivity index (χ0n) is 38.4. The predicted octanol–water partition coefficient (Wildman–Crippen LogP) is 20.8. The van der Waals surface area contributed by atoms with Crippen molar-refractivity contribution in [3.8, 4) is 0 Å². The molecule has 0 atom stereocenters. The summed E-state index contributed by atoms with van der Waals surface area (Å²) in [7, 11) is 0. The van der Waals surface area contributed by atoms with Crippen LogP contribution in [0.5, 0.6) is 0 Å². The Hall–Kier alpha value is 0. The van der Waals surface area contributed by atoms with Crippen LogP contribution in [0.1, 0.15) is 336 Å². The van der Waals surface area contributed by atoms with Gasteiger partial charge in [-0.1, -0.05) is 323 Å². The summed E-state index contributed by atoms with van der Waals surface area (Å²) >= 11 is 0. The molecule has 0 nitrogen and oxygen atoms in total. The molecule has 0 heteroatoms. The summed E-state index contributed by atoms with van der Waals surface area (Å²) in [6, 6.07) is 0. The van der Waals surface area contributed by atoms with E-state index in [-0.39, 0.29) is 0 Å². The molecule has 0 aromatic carbocycles. The Morgan fingerprint density at radius 3 is 0.415 bits per heavy atom. The van der Waals surface area contributed by atoms with Crippen LogP contribution in [0.15, 0.2) is 0 Å². The van der Waals surface area contributed by atoms with E-state index in [4.69, 9.17) is 0 Å². The fourth-order valence-electron chi connectivity index (χ4n) is 8.90. The molecule has 0 aromatic heterocycles. The average Bonchev–Trinajstić information content (AvgIpc) is 3.15. The van der Waals surface area contributed by atoms with E-state index >= 15 is 0 Å². The van der Waals surface area contributed by atoms with Crippen LogP contribution in [-0.2, 0) is 0 Å². The molecule has 0 unspecified atom stereocenters. The van der Waals surface area contributed by atoms with E-state index in [0.29, 0.717) is 5.41 Å². The number of hydrogen-bond acceptors (Lipinski definition) is 0. The van der Waals surface area contributed by atoms with Crippen LogP contribution in [0.3, 0.4) is 0 Å². The highest BCUT2D eigenvalue weighted by Crippen LogP contribution is 2.31. The Bertz CT molecular complexity index is 618. The maximum Gasteiger partial charge on any atom is -0.0354 e. The maximum absolute atomic E-state index is 2.54. The van der Waals surface area contributed by atoms with Crippen LogP contribution in [0.4, 0.5) is 0 Å². The van der Waals surface area contributed by atoms with E-state index < -0.39 is 0 Å². The van der Waals surface area contributed by atoms with Crippen LogP contribution >= 0.6 is 0 Å². The van der Waals surface area contributed by atoms with E-state index in [9.17, 15) is 0 Å². The zero-order valence-corrected chi connectivity index (χ0v) is 38.4. The molecule has 0 aliphatic rings. The molecule has 0 bridgehead atoms. The van der Waals surface area contributed by atoms with Gasteiger partial charge < -0.3 is 0 Å². The third kappa shape index (κ3) is 48.1. The van der Waals surface area contributed by atoms with Crippen LogP contribution in [0.2, 0.25) is 0 Å². The smallest absolute Gasteiger partial charge is 0.0354 e. The summed E-state index contributed by atoms with van der Waals surface area (Å²) in [4.78, 5) is 0. The minimum atomic E-state index is 0.570. The Kier molecular flexibility index (Phi) is 46.4. The normalized spacial score (nSPS) is 12.0. The Balaban J connectivity index is 3.23. The minimum absolute atomic E-state index is 0.570. The summed E-state index contributed by atoms with van der Waals surface area (Å²) in [5.41, 5.74) is 0.570. The molecule has 0 fully saturated rings. The van der Waals surface area contributed by atoms with Crippen molar-refractivity contribution in [3.63, 3.8) is 0 Å². The second-order valence-corrected chi connectivity index (χ2v) is 19.2. The lowest BCUT2D eigenvalue weighted by molar-refractivity contribution is 0.282. The summed E-state index contributed by atoms with van der Waals surface area (Å²) in [5, 5.41) is 0. The number of hydrogen-bond donors (Lipinski definition) is 0. The van der Waals surface area contributed by atoms with Crippen LogP contribution in [-0.4, -0.2) is 0 Å². The molecule has 0 aliphatic heterocycles. The zero-order chi connectivity index (χ0) is 38.4. The third-order valence-electron chi connectivity index (χ3n) is 12.9. The average molecular weight is 745 g/mol. The van der Waals surface area contributed by atoms with Gasteiger partial charge in [0, 0.05) is 0 Å². The fourth-order valence-corrected chi connectivity index (χ4v) is 8.90. The highest BCUT2D eigenvalue weighted by Gasteiger charge is 2.16. The van der Waals surface area contributed by atoms with Crippen LogP contribution in [0.25, 0.3) is 0 Å². The minimum Gasteiger partial charge on any atom is -0.0654 e. The van der Waals surface area contributed by atoms with E-state index in [2.05, 4.69) is 27.7 Å². The fraction of sp³-hybridized carbons (Fsp3) is 1.00. The molecule has 0 aromatic rings. The molecule has 320 valence electrons. The van der Waals surface area contributed by atoms with E-state index in [0.717, 1.165) is 0 Å². The van der Waals surface area contributed by atoms with Crippen molar-refractivity contribution in [1.82, 2.24) is 0 Å². The van der Waals surface area contributed by atoms with Crippen molar-refractivity contribution in [2.75, 3.05) is 0 Å². The van der Waals surface area contributed by atoms with Gasteiger partial charge in [-0.05, 0) is 18.3 Å². The monoisotopic (exact) mass is 745 g/mol. The molecule has 0 spiro atoms. The van der Waals surface area contributed by atoms with E-state index in [1.165, 1.54) is 308 Å². The highest BCUT2D eigenvalue weighted by atomic mass is 14.2. The Morgan fingerprint density at radius 2 is 0.283 bits per heavy atom. The van der Waals surface area contributed by atoms with Gasteiger partial charge in [0.25, 0.3) is 0 Å². The number of unbranched alkanes of at least 4 members (excludes halogenated alkanes) is 44. The number of rotatable bonds is 48. The molecule has 0 rings (SSSR count). The van der Waals surface area contributed by atoms with Gasteiger partial charge in [-0.25, -0.2) is 0 Å². The van der Waals surface area contributed by atoms with Crippen molar-refractivity contribution < 1.29 is 0 Å². The summed E-state index contributed by atoms with van der Waals surface area (Å²) in [6.07, 6.45) is 71.0. The standard InChI is InChI=1S/C53H108/c1-5-7-9-11-13-15-17-19-21-23-25-27-29-30-32-34-36-38-40-42-44-46-48-50-52-53(3,4)51-49-47-45-43-41-39-37-35-33-31-28-26-24-22-20-18-16-14-12-10-8-6-2/h5-52H2,1-4H3. The summed E-state index contributed by atoms with van der Waals surface area (Å²) < 4.78 is 0. The van der Waals surface area contributed by atoms with Crippen molar-refractivity contribution in [3.05, 3.63) is 0 Å². The molecular weight excluding hydrogens is 637 g/mol. The molecule has 53 heavy (non-hydrogen) atoms. The van der Waals surface area contributed by atoms with Gasteiger partial charge in [0.05, 0.1) is 0 Å². The first-order valence-electron chi connectivity index (χ1n) is 26.1. The molecule has 0 heterocycles. The van der Waals surface area contributed by atoms with Gasteiger partial charge in [0.15, 0.2) is 0 Å². The molecule has 0 saturated heterocycles. The lowest BCUT2D eigenvalue weighted by Crippen LogP contribution is -2.11. The topological polar surface area (TPSA) is 0 Å². The first-order chi connectivity index (χ1) is 26.1. The van der Waals surface area contributed by atoms with Crippen LogP contribution in [0, 0.1) is 5.41 Å². The molecule has 0 N–H and O–H groups in total. The third-order valence-corrected chi connectivity index (χ3v) is 12.9. The second-order valence-electron chi connectivity index (χ2n) is 19.2. The van der Waals surface area contributed by atoms with Gasteiger partial charge in [-0.2, -0.15) is 0 Å². The Morgan fingerprint density at radius 1 is 0.170 bits per heavy atom.